The van der Waals surface area contributed by atoms with Crippen molar-refractivity contribution in [3.8, 4) is 5.75 Å². The highest BCUT2D eigenvalue weighted by Crippen LogP contribution is 2.28. The second-order valence-electron chi connectivity index (χ2n) is 7.88. The summed E-state index contributed by atoms with van der Waals surface area (Å²) in [6.45, 7) is 3.56. The summed E-state index contributed by atoms with van der Waals surface area (Å²) < 4.78 is 24.5. The zero-order valence-corrected chi connectivity index (χ0v) is 17.4. The van der Waals surface area contributed by atoms with E-state index in [-0.39, 0.29) is 17.4 Å². The maximum absolute atomic E-state index is 13.6. The van der Waals surface area contributed by atoms with Crippen LogP contribution in [-0.2, 0) is 11.2 Å². The number of anilines is 2. The molecule has 7 nitrogen and oxygen atoms in total. The second kappa shape index (κ2) is 9.47. The molecule has 1 aromatic heterocycles. The van der Waals surface area contributed by atoms with E-state index in [4.69, 9.17) is 14.5 Å². The summed E-state index contributed by atoms with van der Waals surface area (Å²) in [5, 5.41) is 0. The highest BCUT2D eigenvalue weighted by molar-refractivity contribution is 5.45. The van der Waals surface area contributed by atoms with Crippen molar-refractivity contribution in [2.24, 2.45) is 0 Å². The van der Waals surface area contributed by atoms with Gasteiger partial charge in [0.05, 0.1) is 20.3 Å². The average Bonchev–Trinajstić information content (AvgIpc) is 3.00. The largest absolute Gasteiger partial charge is 0.496 e. The van der Waals surface area contributed by atoms with Gasteiger partial charge in [-0.1, -0.05) is 18.9 Å². The van der Waals surface area contributed by atoms with Crippen LogP contribution in [0, 0.1) is 5.82 Å². The Bertz CT molecular complexity index is 913. The van der Waals surface area contributed by atoms with Gasteiger partial charge in [0, 0.05) is 37.8 Å². The van der Waals surface area contributed by atoms with Gasteiger partial charge in [0.2, 0.25) is 5.95 Å². The summed E-state index contributed by atoms with van der Waals surface area (Å²) in [5.74, 6) is 1.55. The predicted octanol–water partition coefficient (Wildman–Crippen LogP) is 2.75. The number of H-pyrrole nitrogens is 1. The van der Waals surface area contributed by atoms with Crippen LogP contribution in [0.1, 0.15) is 31.2 Å². The Labute approximate surface area is 175 Å². The van der Waals surface area contributed by atoms with Crippen LogP contribution < -0.4 is 20.1 Å². The number of benzene rings is 1. The Morgan fingerprint density at radius 2 is 2.03 bits per heavy atom. The van der Waals surface area contributed by atoms with E-state index < -0.39 is 0 Å². The molecule has 2 saturated heterocycles. The van der Waals surface area contributed by atoms with Gasteiger partial charge >= 0.3 is 0 Å². The molecular formula is C22H29FN4O3. The zero-order valence-electron chi connectivity index (χ0n) is 17.4. The molecule has 2 aliphatic heterocycles. The molecule has 1 N–H and O–H groups in total. The minimum absolute atomic E-state index is 0.148. The van der Waals surface area contributed by atoms with Gasteiger partial charge in [0.15, 0.2) is 0 Å². The molecule has 0 radical (unpaired) electrons. The third kappa shape index (κ3) is 4.75. The molecule has 162 valence electrons. The Balaban J connectivity index is 1.63. The first-order chi connectivity index (χ1) is 14.6. The van der Waals surface area contributed by atoms with Gasteiger partial charge in [0.25, 0.3) is 5.56 Å². The van der Waals surface area contributed by atoms with Gasteiger partial charge in [-0.2, -0.15) is 4.98 Å². The molecule has 2 fully saturated rings. The van der Waals surface area contributed by atoms with Gasteiger partial charge in [-0.15, -0.1) is 0 Å². The van der Waals surface area contributed by atoms with Crippen molar-refractivity contribution in [3.63, 3.8) is 0 Å². The molecule has 0 unspecified atom stereocenters. The smallest absolute Gasteiger partial charge is 0.254 e. The highest BCUT2D eigenvalue weighted by Gasteiger charge is 2.26. The number of aromatic amines is 1. The molecule has 0 spiro atoms. The van der Waals surface area contributed by atoms with Crippen LogP contribution in [-0.4, -0.2) is 56.0 Å². The van der Waals surface area contributed by atoms with Crippen molar-refractivity contribution >= 4 is 11.8 Å². The first-order valence-corrected chi connectivity index (χ1v) is 10.7. The number of ether oxygens (including phenoxy) is 2. The lowest BCUT2D eigenvalue weighted by Gasteiger charge is -2.33. The van der Waals surface area contributed by atoms with E-state index in [1.807, 2.05) is 0 Å². The van der Waals surface area contributed by atoms with Crippen LogP contribution in [0.3, 0.4) is 0 Å². The van der Waals surface area contributed by atoms with E-state index in [1.165, 1.54) is 12.1 Å². The molecule has 30 heavy (non-hydrogen) atoms. The van der Waals surface area contributed by atoms with Gasteiger partial charge in [-0.05, 0) is 30.9 Å². The number of hydrogen-bond acceptors (Lipinski definition) is 6. The number of hydrogen-bond donors (Lipinski definition) is 1. The van der Waals surface area contributed by atoms with E-state index in [1.54, 1.807) is 19.2 Å². The number of nitrogens with one attached hydrogen (secondary N) is 1. The van der Waals surface area contributed by atoms with E-state index in [9.17, 15) is 9.18 Å². The maximum atomic E-state index is 13.6. The van der Waals surface area contributed by atoms with Crippen molar-refractivity contribution in [2.45, 2.75) is 38.1 Å². The van der Waals surface area contributed by atoms with Crippen LogP contribution >= 0.6 is 0 Å². The average molecular weight is 416 g/mol. The summed E-state index contributed by atoms with van der Waals surface area (Å²) in [6.07, 6.45) is 4.97. The molecule has 0 aliphatic carbocycles. The Hall–Kier alpha value is -2.61. The van der Waals surface area contributed by atoms with Crippen LogP contribution in [0.25, 0.3) is 0 Å². The Kier molecular flexibility index (Phi) is 6.52. The second-order valence-corrected chi connectivity index (χ2v) is 7.88. The number of methoxy groups -OCH3 is 1. The van der Waals surface area contributed by atoms with Crippen molar-refractivity contribution < 1.29 is 13.9 Å². The van der Waals surface area contributed by atoms with E-state index in [0.717, 1.165) is 50.9 Å². The van der Waals surface area contributed by atoms with Crippen LogP contribution in [0.4, 0.5) is 16.2 Å². The topological polar surface area (TPSA) is 70.7 Å². The Morgan fingerprint density at radius 3 is 2.83 bits per heavy atom. The number of nitrogens with zero attached hydrogens (tertiary/aromatic N) is 3. The van der Waals surface area contributed by atoms with Gasteiger partial charge in [-0.25, -0.2) is 4.39 Å². The van der Waals surface area contributed by atoms with Crippen LogP contribution in [0.15, 0.2) is 29.1 Å². The lowest BCUT2D eigenvalue weighted by Crippen LogP contribution is -2.41. The summed E-state index contributed by atoms with van der Waals surface area (Å²) in [7, 11) is 1.56. The molecule has 2 aromatic rings. The molecule has 2 aliphatic rings. The highest BCUT2D eigenvalue weighted by atomic mass is 19.1. The monoisotopic (exact) mass is 416 g/mol. The fourth-order valence-corrected chi connectivity index (χ4v) is 4.33. The normalized spacial score (nSPS) is 20.1. The fourth-order valence-electron chi connectivity index (χ4n) is 4.33. The first-order valence-electron chi connectivity index (χ1n) is 10.7. The van der Waals surface area contributed by atoms with Crippen molar-refractivity contribution in [2.75, 3.05) is 49.8 Å². The minimum Gasteiger partial charge on any atom is -0.496 e. The van der Waals surface area contributed by atoms with E-state index in [2.05, 4.69) is 14.8 Å². The molecule has 8 heteroatoms. The standard InChI is InChI=1S/C22H29FN4O3/c1-29-19-14-17(23)7-6-16(19)13-18-5-3-2-4-8-27(18)22-24-20(15-21(28)25-22)26-9-11-30-12-10-26/h6-7,14-15,18H,2-5,8-13H2,1H3,(H,24,25,28)/t18-/m0/s1. The van der Waals surface area contributed by atoms with Crippen molar-refractivity contribution in [1.82, 2.24) is 9.97 Å². The summed E-state index contributed by atoms with van der Waals surface area (Å²) in [4.78, 5) is 24.5. The number of morpholine rings is 1. The van der Waals surface area contributed by atoms with Gasteiger partial charge < -0.3 is 19.3 Å². The first kappa shape index (κ1) is 20.7. The number of halogens is 1. The maximum Gasteiger partial charge on any atom is 0.254 e. The fraction of sp³-hybridized carbons (Fsp3) is 0.545. The van der Waals surface area contributed by atoms with Crippen molar-refractivity contribution in [1.29, 1.82) is 0 Å². The SMILES string of the molecule is COc1cc(F)ccc1C[C@@H]1CCCCCN1c1nc(N2CCOCC2)cc(=O)[nH]1. The number of aromatic nitrogens is 2. The third-order valence-electron chi connectivity index (χ3n) is 5.90. The van der Waals surface area contributed by atoms with Crippen molar-refractivity contribution in [3.05, 3.63) is 46.0 Å². The molecule has 3 heterocycles. The molecule has 4 rings (SSSR count). The van der Waals surface area contributed by atoms with Crippen LogP contribution in [0.5, 0.6) is 5.75 Å². The van der Waals surface area contributed by atoms with E-state index in [0.29, 0.717) is 37.2 Å². The number of rotatable bonds is 5. The van der Waals surface area contributed by atoms with Gasteiger partial charge in [-0.3, -0.25) is 9.78 Å². The summed E-state index contributed by atoms with van der Waals surface area (Å²) in [5.41, 5.74) is 0.811. The minimum atomic E-state index is -0.308. The lowest BCUT2D eigenvalue weighted by molar-refractivity contribution is 0.122. The van der Waals surface area contributed by atoms with E-state index >= 15 is 0 Å². The van der Waals surface area contributed by atoms with Gasteiger partial charge in [0.1, 0.15) is 17.4 Å². The quantitative estimate of drug-likeness (QED) is 0.808. The zero-order chi connectivity index (χ0) is 20.9. The summed E-state index contributed by atoms with van der Waals surface area (Å²) >= 11 is 0. The molecule has 1 atom stereocenters. The molecule has 0 bridgehead atoms. The molecule has 1 aromatic carbocycles. The molecule has 0 saturated carbocycles. The van der Waals surface area contributed by atoms with Crippen LogP contribution in [0.2, 0.25) is 0 Å². The Morgan fingerprint density at radius 1 is 1.20 bits per heavy atom. The third-order valence-corrected chi connectivity index (χ3v) is 5.90. The lowest BCUT2D eigenvalue weighted by atomic mass is 10.00. The summed E-state index contributed by atoms with van der Waals surface area (Å²) in [6, 6.07) is 6.39. The molecular weight excluding hydrogens is 387 g/mol. The predicted molar refractivity (Wildman–Crippen MR) is 114 cm³/mol. The molecule has 0 amide bonds.